The van der Waals surface area contributed by atoms with Gasteiger partial charge in [-0.2, -0.15) is 0 Å². The lowest BCUT2D eigenvalue weighted by Crippen LogP contribution is -2.30. The van der Waals surface area contributed by atoms with Gasteiger partial charge in [0, 0.05) is 5.69 Å². The molecule has 1 amide bonds. The molecule has 106 valence electrons. The summed E-state index contributed by atoms with van der Waals surface area (Å²) in [5.41, 5.74) is 6.39. The number of nitrogens with two attached hydrogens (primary N) is 1. The zero-order chi connectivity index (χ0) is 14.6. The van der Waals surface area contributed by atoms with Gasteiger partial charge in [-0.3, -0.25) is 4.79 Å². The van der Waals surface area contributed by atoms with E-state index in [0.717, 1.165) is 6.42 Å². The second-order valence-electron chi connectivity index (χ2n) is 4.35. The average molecular weight is 305 g/mol. The van der Waals surface area contributed by atoms with Crippen molar-refractivity contribution >= 4 is 40.5 Å². The van der Waals surface area contributed by atoms with E-state index in [9.17, 15) is 4.79 Å². The Balaban J connectivity index is 2.77. The summed E-state index contributed by atoms with van der Waals surface area (Å²) in [5.74, 6) is -0.297. The van der Waals surface area contributed by atoms with Crippen molar-refractivity contribution in [3.63, 3.8) is 0 Å². The van der Waals surface area contributed by atoms with E-state index in [1.54, 1.807) is 6.92 Å². The van der Waals surface area contributed by atoms with E-state index >= 15 is 0 Å². The minimum absolute atomic E-state index is 0.0121. The minimum Gasteiger partial charge on any atom is -0.399 e. The van der Waals surface area contributed by atoms with E-state index in [1.807, 2.05) is 13.8 Å². The third-order valence-corrected chi connectivity index (χ3v) is 3.29. The molecule has 0 spiro atoms. The number of nitrogens with one attached hydrogen (secondary N) is 1. The number of anilines is 2. The van der Waals surface area contributed by atoms with Gasteiger partial charge in [-0.15, -0.1) is 0 Å². The van der Waals surface area contributed by atoms with Gasteiger partial charge in [-0.05, 0) is 32.4 Å². The summed E-state index contributed by atoms with van der Waals surface area (Å²) in [7, 11) is 0. The zero-order valence-corrected chi connectivity index (χ0v) is 12.7. The third kappa shape index (κ3) is 4.56. The SMILES string of the molecule is CCC(C)OC(C)C(=O)Nc1c(Cl)cc(N)cc1Cl. The predicted molar refractivity (Wildman–Crippen MR) is 79.8 cm³/mol. The topological polar surface area (TPSA) is 64.3 Å². The highest BCUT2D eigenvalue weighted by Crippen LogP contribution is 2.32. The molecule has 4 nitrogen and oxygen atoms in total. The molecule has 0 radical (unpaired) electrons. The summed E-state index contributed by atoms with van der Waals surface area (Å²) in [6.45, 7) is 5.58. The first-order valence-corrected chi connectivity index (χ1v) is 6.81. The van der Waals surface area contributed by atoms with Crippen LogP contribution in [0.4, 0.5) is 11.4 Å². The maximum absolute atomic E-state index is 12.0. The standard InChI is InChI=1S/C13H18Cl2N2O2/c1-4-7(2)19-8(3)13(18)17-12-10(14)5-9(16)6-11(12)15/h5-8H,4,16H2,1-3H3,(H,17,18). The van der Waals surface area contributed by atoms with E-state index < -0.39 is 6.10 Å². The fourth-order valence-corrected chi connectivity index (χ4v) is 2.04. The molecule has 0 saturated heterocycles. The predicted octanol–water partition coefficient (Wildman–Crippen LogP) is 3.72. The highest BCUT2D eigenvalue weighted by atomic mass is 35.5. The molecule has 0 saturated carbocycles. The van der Waals surface area contributed by atoms with Crippen molar-refractivity contribution in [2.75, 3.05) is 11.1 Å². The number of amides is 1. The Morgan fingerprint density at radius 2 is 1.89 bits per heavy atom. The summed E-state index contributed by atoms with van der Waals surface area (Å²) in [5, 5.41) is 3.25. The molecule has 2 atom stereocenters. The van der Waals surface area contributed by atoms with Gasteiger partial charge in [-0.1, -0.05) is 30.1 Å². The lowest BCUT2D eigenvalue weighted by Gasteiger charge is -2.18. The highest BCUT2D eigenvalue weighted by molar-refractivity contribution is 6.40. The molecule has 3 N–H and O–H groups in total. The van der Waals surface area contributed by atoms with Crippen LogP contribution in [0.5, 0.6) is 0 Å². The van der Waals surface area contributed by atoms with Gasteiger partial charge < -0.3 is 15.8 Å². The number of benzene rings is 1. The number of nitrogen functional groups attached to an aromatic ring is 1. The third-order valence-electron chi connectivity index (χ3n) is 2.69. The Morgan fingerprint density at radius 3 is 2.37 bits per heavy atom. The minimum atomic E-state index is -0.584. The summed E-state index contributed by atoms with van der Waals surface area (Å²) < 4.78 is 5.51. The average Bonchev–Trinajstić information content (AvgIpc) is 2.32. The first kappa shape index (κ1) is 16.1. The van der Waals surface area contributed by atoms with Gasteiger partial charge in [0.15, 0.2) is 0 Å². The van der Waals surface area contributed by atoms with Crippen molar-refractivity contribution in [3.05, 3.63) is 22.2 Å². The summed E-state index contributed by atoms with van der Waals surface area (Å²) in [6.07, 6.45) is 0.263. The van der Waals surface area contributed by atoms with Crippen LogP contribution in [0.2, 0.25) is 10.0 Å². The summed E-state index contributed by atoms with van der Waals surface area (Å²) in [4.78, 5) is 12.0. The monoisotopic (exact) mass is 304 g/mol. The fourth-order valence-electron chi connectivity index (χ4n) is 1.44. The maximum Gasteiger partial charge on any atom is 0.253 e. The zero-order valence-electron chi connectivity index (χ0n) is 11.2. The molecule has 2 unspecified atom stereocenters. The van der Waals surface area contributed by atoms with Crippen LogP contribution < -0.4 is 11.1 Å². The number of halogens is 2. The number of rotatable bonds is 5. The highest BCUT2D eigenvalue weighted by Gasteiger charge is 2.18. The van der Waals surface area contributed by atoms with Gasteiger partial charge >= 0.3 is 0 Å². The molecule has 6 heteroatoms. The van der Waals surface area contributed by atoms with E-state index in [0.29, 0.717) is 21.4 Å². The van der Waals surface area contributed by atoms with Gasteiger partial charge in [-0.25, -0.2) is 0 Å². The number of hydrogen-bond acceptors (Lipinski definition) is 3. The molecule has 0 aliphatic rings. The largest absolute Gasteiger partial charge is 0.399 e. The van der Waals surface area contributed by atoms with Crippen LogP contribution in [-0.2, 0) is 9.53 Å². The number of hydrogen-bond donors (Lipinski definition) is 2. The van der Waals surface area contributed by atoms with Crippen LogP contribution in [-0.4, -0.2) is 18.1 Å². The van der Waals surface area contributed by atoms with E-state index in [-0.39, 0.29) is 12.0 Å². The molecule has 1 aromatic rings. The van der Waals surface area contributed by atoms with Crippen LogP contribution >= 0.6 is 23.2 Å². The van der Waals surface area contributed by atoms with Crippen LogP contribution in [0, 0.1) is 0 Å². The molecular formula is C13H18Cl2N2O2. The van der Waals surface area contributed by atoms with Crippen molar-refractivity contribution < 1.29 is 9.53 Å². The van der Waals surface area contributed by atoms with E-state index in [2.05, 4.69) is 5.32 Å². The first-order valence-electron chi connectivity index (χ1n) is 6.06. The molecule has 0 aliphatic heterocycles. The van der Waals surface area contributed by atoms with Crippen molar-refractivity contribution in [1.29, 1.82) is 0 Å². The molecule has 0 aliphatic carbocycles. The normalized spacial score (nSPS) is 13.9. The Morgan fingerprint density at radius 1 is 1.37 bits per heavy atom. The molecule has 0 bridgehead atoms. The maximum atomic E-state index is 12.0. The lowest BCUT2D eigenvalue weighted by atomic mass is 10.2. The van der Waals surface area contributed by atoms with Gasteiger partial charge in [0.2, 0.25) is 0 Å². The lowest BCUT2D eigenvalue weighted by molar-refractivity contribution is -0.129. The second-order valence-corrected chi connectivity index (χ2v) is 5.16. The van der Waals surface area contributed by atoms with Crippen molar-refractivity contribution in [2.45, 2.75) is 39.4 Å². The smallest absolute Gasteiger partial charge is 0.253 e. The quantitative estimate of drug-likeness (QED) is 0.815. The van der Waals surface area contributed by atoms with Gasteiger partial charge in [0.1, 0.15) is 6.10 Å². The molecule has 1 rings (SSSR count). The van der Waals surface area contributed by atoms with E-state index in [1.165, 1.54) is 12.1 Å². The van der Waals surface area contributed by atoms with Crippen LogP contribution in [0.25, 0.3) is 0 Å². The molecular weight excluding hydrogens is 287 g/mol. The summed E-state index contributed by atoms with van der Waals surface area (Å²) >= 11 is 12.0. The molecule has 1 aromatic carbocycles. The van der Waals surface area contributed by atoms with Crippen LogP contribution in [0.1, 0.15) is 27.2 Å². The molecule has 0 aromatic heterocycles. The van der Waals surface area contributed by atoms with Crippen molar-refractivity contribution in [1.82, 2.24) is 0 Å². The molecule has 0 heterocycles. The fraction of sp³-hybridized carbons (Fsp3) is 0.462. The number of carbonyl (C=O) groups is 1. The molecule has 19 heavy (non-hydrogen) atoms. The Labute approximate surface area is 123 Å². The number of ether oxygens (including phenoxy) is 1. The van der Waals surface area contributed by atoms with Crippen molar-refractivity contribution in [3.8, 4) is 0 Å². The van der Waals surface area contributed by atoms with E-state index in [4.69, 9.17) is 33.7 Å². The van der Waals surface area contributed by atoms with Gasteiger partial charge in [0.05, 0.1) is 21.8 Å². The van der Waals surface area contributed by atoms with Gasteiger partial charge in [0.25, 0.3) is 5.91 Å². The van der Waals surface area contributed by atoms with Crippen LogP contribution in [0.3, 0.4) is 0 Å². The Kier molecular flexibility index (Phi) is 5.91. The second kappa shape index (κ2) is 6.98. The summed E-state index contributed by atoms with van der Waals surface area (Å²) in [6, 6.07) is 3.06. The Bertz CT molecular complexity index is 443. The Hall–Kier alpha value is -0.970. The molecule has 0 fully saturated rings. The van der Waals surface area contributed by atoms with Crippen LogP contribution in [0.15, 0.2) is 12.1 Å². The van der Waals surface area contributed by atoms with Crippen molar-refractivity contribution in [2.24, 2.45) is 0 Å². The first-order chi connectivity index (χ1) is 8.85. The number of carbonyl (C=O) groups excluding carboxylic acids is 1.